The second kappa shape index (κ2) is 4.03. The lowest BCUT2D eigenvalue weighted by Crippen LogP contribution is -1.94. The molecule has 0 aromatic carbocycles. The summed E-state index contributed by atoms with van der Waals surface area (Å²) in [5.74, 6) is 0.780. The maximum absolute atomic E-state index is 4.25. The monoisotopic (exact) mass is 177 g/mol. The fourth-order valence-corrected chi connectivity index (χ4v) is 1.22. The minimum Gasteiger partial charge on any atom is -0.288 e. The molecule has 3 heteroatoms. The van der Waals surface area contributed by atoms with Crippen molar-refractivity contribution in [2.75, 3.05) is 0 Å². The molecule has 0 bridgehead atoms. The van der Waals surface area contributed by atoms with Gasteiger partial charge in [-0.1, -0.05) is 13.8 Å². The molecule has 0 fully saturated rings. The average molecular weight is 177 g/mol. The third-order valence-electron chi connectivity index (χ3n) is 1.70. The summed E-state index contributed by atoms with van der Waals surface area (Å²) in [5.41, 5.74) is 2.19. The molecule has 0 atom stereocenters. The van der Waals surface area contributed by atoms with Crippen LogP contribution in [0.25, 0.3) is 5.78 Å². The molecule has 2 aromatic heterocycles. The summed E-state index contributed by atoms with van der Waals surface area (Å²) in [6.07, 6.45) is 3.67. The molecule has 0 aliphatic rings. The van der Waals surface area contributed by atoms with E-state index in [1.54, 1.807) is 6.20 Å². The van der Waals surface area contributed by atoms with E-state index in [2.05, 4.69) is 9.97 Å². The summed E-state index contributed by atoms with van der Waals surface area (Å²) in [5, 5.41) is 0. The second-order valence-electron chi connectivity index (χ2n) is 2.64. The predicted molar refractivity (Wildman–Crippen MR) is 53.8 cm³/mol. The lowest BCUT2D eigenvalue weighted by Gasteiger charge is -1.98. The largest absolute Gasteiger partial charge is 0.288 e. The standard InChI is InChI=1S/C8H9N3.C2H6/c1-6-5-7(2)11-4-3-9-8(11)10-6;1-2/h3-5H,1-2H3;1-2H3. The predicted octanol–water partition coefficient (Wildman–Crippen LogP) is 2.37. The number of aromatic nitrogens is 3. The molecule has 3 nitrogen and oxygen atoms in total. The highest BCUT2D eigenvalue weighted by atomic mass is 15.1. The number of rotatable bonds is 0. The quantitative estimate of drug-likeness (QED) is 0.618. The Kier molecular flexibility index (Phi) is 3.01. The van der Waals surface area contributed by atoms with Crippen molar-refractivity contribution in [3.05, 3.63) is 29.8 Å². The van der Waals surface area contributed by atoms with Crippen LogP contribution in [0.15, 0.2) is 18.5 Å². The van der Waals surface area contributed by atoms with Crippen LogP contribution < -0.4 is 0 Å². The number of hydrogen-bond acceptors (Lipinski definition) is 2. The number of hydrogen-bond donors (Lipinski definition) is 0. The van der Waals surface area contributed by atoms with Crippen LogP contribution in [-0.2, 0) is 0 Å². The van der Waals surface area contributed by atoms with Gasteiger partial charge in [-0.2, -0.15) is 0 Å². The van der Waals surface area contributed by atoms with E-state index >= 15 is 0 Å². The van der Waals surface area contributed by atoms with Crippen LogP contribution in [0.5, 0.6) is 0 Å². The van der Waals surface area contributed by atoms with Crippen LogP contribution in [0.2, 0.25) is 0 Å². The Hall–Kier alpha value is -1.38. The first-order chi connectivity index (χ1) is 6.27. The van der Waals surface area contributed by atoms with Crippen molar-refractivity contribution < 1.29 is 0 Å². The van der Waals surface area contributed by atoms with Crippen LogP contribution in [0.3, 0.4) is 0 Å². The fourth-order valence-electron chi connectivity index (χ4n) is 1.22. The van der Waals surface area contributed by atoms with Gasteiger partial charge in [-0.15, -0.1) is 0 Å². The summed E-state index contributed by atoms with van der Waals surface area (Å²) in [6.45, 7) is 8.02. The Bertz CT molecular complexity index is 390. The van der Waals surface area contributed by atoms with E-state index in [4.69, 9.17) is 0 Å². The molecule has 2 heterocycles. The second-order valence-corrected chi connectivity index (χ2v) is 2.64. The third kappa shape index (κ3) is 1.86. The number of fused-ring (bicyclic) bond motifs is 1. The minimum absolute atomic E-state index is 0.780. The Morgan fingerprint density at radius 2 is 1.92 bits per heavy atom. The van der Waals surface area contributed by atoms with Crippen LogP contribution in [0.1, 0.15) is 25.2 Å². The topological polar surface area (TPSA) is 30.2 Å². The zero-order valence-electron chi connectivity index (χ0n) is 8.57. The lowest BCUT2D eigenvalue weighted by atomic mass is 10.3. The van der Waals surface area contributed by atoms with Crippen molar-refractivity contribution in [2.45, 2.75) is 27.7 Å². The Morgan fingerprint density at radius 1 is 1.23 bits per heavy atom. The van der Waals surface area contributed by atoms with E-state index in [1.165, 1.54) is 5.69 Å². The van der Waals surface area contributed by atoms with Crippen LogP contribution in [0.4, 0.5) is 0 Å². The van der Waals surface area contributed by atoms with Gasteiger partial charge < -0.3 is 0 Å². The van der Waals surface area contributed by atoms with Gasteiger partial charge in [-0.05, 0) is 19.9 Å². The van der Waals surface area contributed by atoms with E-state index in [9.17, 15) is 0 Å². The van der Waals surface area contributed by atoms with Crippen molar-refractivity contribution in [3.8, 4) is 0 Å². The van der Waals surface area contributed by atoms with Gasteiger partial charge in [0.05, 0.1) is 0 Å². The summed E-state index contributed by atoms with van der Waals surface area (Å²) in [6, 6.07) is 2.04. The first kappa shape index (κ1) is 9.71. The molecule has 0 saturated carbocycles. The Balaban J connectivity index is 0.000000396. The average Bonchev–Trinajstić information content (AvgIpc) is 2.55. The van der Waals surface area contributed by atoms with Crippen molar-refractivity contribution >= 4 is 5.78 Å². The van der Waals surface area contributed by atoms with Gasteiger partial charge in [0.15, 0.2) is 0 Å². The number of imidazole rings is 1. The molecular formula is C10H15N3. The first-order valence-corrected chi connectivity index (χ1v) is 4.55. The smallest absolute Gasteiger partial charge is 0.234 e. The van der Waals surface area contributed by atoms with Gasteiger partial charge in [0.1, 0.15) is 0 Å². The maximum atomic E-state index is 4.25. The lowest BCUT2D eigenvalue weighted by molar-refractivity contribution is 1.01. The van der Waals surface area contributed by atoms with Crippen LogP contribution in [0, 0.1) is 13.8 Å². The third-order valence-corrected chi connectivity index (χ3v) is 1.70. The van der Waals surface area contributed by atoms with Gasteiger partial charge in [-0.3, -0.25) is 4.40 Å². The van der Waals surface area contributed by atoms with E-state index in [0.29, 0.717) is 0 Å². The molecule has 70 valence electrons. The van der Waals surface area contributed by atoms with Crippen molar-refractivity contribution in [1.29, 1.82) is 0 Å². The fraction of sp³-hybridized carbons (Fsp3) is 0.400. The van der Waals surface area contributed by atoms with E-state index < -0.39 is 0 Å². The molecule has 13 heavy (non-hydrogen) atoms. The summed E-state index contributed by atoms with van der Waals surface area (Å²) in [7, 11) is 0. The maximum Gasteiger partial charge on any atom is 0.234 e. The molecule has 2 aromatic rings. The Morgan fingerprint density at radius 3 is 2.62 bits per heavy atom. The highest BCUT2D eigenvalue weighted by Gasteiger charge is 1.97. The zero-order chi connectivity index (χ0) is 9.84. The molecule has 0 aliphatic carbocycles. The normalized spacial score (nSPS) is 9.54. The summed E-state index contributed by atoms with van der Waals surface area (Å²) >= 11 is 0. The van der Waals surface area contributed by atoms with Crippen molar-refractivity contribution in [2.24, 2.45) is 0 Å². The van der Waals surface area contributed by atoms with E-state index in [-0.39, 0.29) is 0 Å². The minimum atomic E-state index is 0.780. The molecule has 0 radical (unpaired) electrons. The molecule has 2 rings (SSSR count). The van der Waals surface area contributed by atoms with Gasteiger partial charge in [0.25, 0.3) is 0 Å². The van der Waals surface area contributed by atoms with Gasteiger partial charge in [0.2, 0.25) is 5.78 Å². The first-order valence-electron chi connectivity index (χ1n) is 4.55. The van der Waals surface area contributed by atoms with E-state index in [0.717, 1.165) is 11.5 Å². The zero-order valence-corrected chi connectivity index (χ0v) is 8.57. The highest BCUT2D eigenvalue weighted by Crippen LogP contribution is 2.03. The molecule has 0 aliphatic heterocycles. The number of aryl methyl sites for hydroxylation is 2. The van der Waals surface area contributed by atoms with Gasteiger partial charge in [-0.25, -0.2) is 9.97 Å². The molecule has 0 saturated heterocycles. The summed E-state index contributed by atoms with van der Waals surface area (Å²) in [4.78, 5) is 8.34. The van der Waals surface area contributed by atoms with Gasteiger partial charge >= 0.3 is 0 Å². The molecule has 0 spiro atoms. The van der Waals surface area contributed by atoms with Crippen LogP contribution in [-0.4, -0.2) is 14.4 Å². The SMILES string of the molecule is CC.Cc1cc(C)n2ccnc2n1. The van der Waals surface area contributed by atoms with Crippen molar-refractivity contribution in [1.82, 2.24) is 14.4 Å². The van der Waals surface area contributed by atoms with Gasteiger partial charge in [0, 0.05) is 23.8 Å². The highest BCUT2D eigenvalue weighted by molar-refractivity contribution is 5.31. The van der Waals surface area contributed by atoms with Crippen LogP contribution >= 0.6 is 0 Å². The molecule has 0 amide bonds. The molecular weight excluding hydrogens is 162 g/mol. The summed E-state index contributed by atoms with van der Waals surface area (Å²) < 4.78 is 1.97. The van der Waals surface area contributed by atoms with E-state index in [1.807, 2.05) is 44.4 Å². The molecule has 0 N–H and O–H groups in total. The number of nitrogens with zero attached hydrogens (tertiary/aromatic N) is 3. The van der Waals surface area contributed by atoms with Crippen molar-refractivity contribution in [3.63, 3.8) is 0 Å². The Labute approximate surface area is 78.5 Å². The molecule has 0 unspecified atom stereocenters.